The molecule has 3 N–H and O–H groups in total. The van der Waals surface area contributed by atoms with E-state index >= 15 is 0 Å². The summed E-state index contributed by atoms with van der Waals surface area (Å²) in [5.74, 6) is 0.135. The molecule has 0 aromatic heterocycles. The minimum absolute atomic E-state index is 0.0711. The highest BCUT2D eigenvalue weighted by molar-refractivity contribution is 6.30. The fourth-order valence-electron chi connectivity index (χ4n) is 3.29. The second-order valence-electron chi connectivity index (χ2n) is 6.63. The van der Waals surface area contributed by atoms with Crippen LogP contribution in [0.15, 0.2) is 24.3 Å². The Morgan fingerprint density at radius 1 is 1.21 bits per heavy atom. The van der Waals surface area contributed by atoms with Crippen LogP contribution in [-0.2, 0) is 14.9 Å². The Bertz CT molecular complexity index is 516. The molecule has 1 amide bonds. The lowest BCUT2D eigenvalue weighted by Crippen LogP contribution is -2.44. The second kappa shape index (κ2) is 10.0. The van der Waals surface area contributed by atoms with Gasteiger partial charge in [0.1, 0.15) is 0 Å². The number of rotatable bonds is 9. The number of hydrogen-bond donors (Lipinski definition) is 2. The monoisotopic (exact) mass is 352 g/mol. The first-order valence-corrected chi connectivity index (χ1v) is 9.35. The summed E-state index contributed by atoms with van der Waals surface area (Å²) >= 11 is 6.17. The van der Waals surface area contributed by atoms with Gasteiger partial charge in [0.25, 0.3) is 0 Å². The van der Waals surface area contributed by atoms with Crippen molar-refractivity contribution in [3.05, 3.63) is 34.9 Å². The zero-order valence-corrected chi connectivity index (χ0v) is 15.1. The van der Waals surface area contributed by atoms with Gasteiger partial charge in [-0.2, -0.15) is 0 Å². The molecule has 24 heavy (non-hydrogen) atoms. The highest BCUT2D eigenvalue weighted by Gasteiger charge is 2.34. The molecule has 0 unspecified atom stereocenters. The maximum atomic E-state index is 12.2. The van der Waals surface area contributed by atoms with Crippen molar-refractivity contribution in [1.82, 2.24) is 5.32 Å². The van der Waals surface area contributed by atoms with Crippen LogP contribution in [0.4, 0.5) is 0 Å². The third-order valence-corrected chi connectivity index (χ3v) is 5.10. The largest absolute Gasteiger partial charge is 0.381 e. The molecule has 0 spiro atoms. The van der Waals surface area contributed by atoms with Crippen LogP contribution in [0.1, 0.15) is 50.5 Å². The predicted octanol–water partition coefficient (Wildman–Crippen LogP) is 3.41. The van der Waals surface area contributed by atoms with Gasteiger partial charge in [-0.1, -0.05) is 36.6 Å². The van der Waals surface area contributed by atoms with Gasteiger partial charge in [-0.25, -0.2) is 0 Å². The molecule has 1 fully saturated rings. The minimum atomic E-state index is -0.0711. The van der Waals surface area contributed by atoms with Gasteiger partial charge in [-0.05, 0) is 49.9 Å². The van der Waals surface area contributed by atoms with Crippen molar-refractivity contribution in [2.24, 2.45) is 5.73 Å². The average molecular weight is 353 g/mol. The third-order valence-electron chi connectivity index (χ3n) is 4.87. The zero-order valence-electron chi connectivity index (χ0n) is 14.4. The smallest absolute Gasteiger partial charge is 0.220 e. The number of carbonyl (C=O) groups is 1. The second-order valence-corrected chi connectivity index (χ2v) is 7.07. The van der Waals surface area contributed by atoms with E-state index in [4.69, 9.17) is 22.1 Å². The van der Waals surface area contributed by atoms with Gasteiger partial charge in [0, 0.05) is 36.6 Å². The van der Waals surface area contributed by atoms with E-state index in [-0.39, 0.29) is 11.3 Å². The predicted molar refractivity (Wildman–Crippen MR) is 98.3 cm³/mol. The van der Waals surface area contributed by atoms with E-state index in [0.717, 1.165) is 63.3 Å². The van der Waals surface area contributed by atoms with Crippen LogP contribution in [0, 0.1) is 0 Å². The Hall–Kier alpha value is -1.10. The standard InChI is InChI=1S/C19H29ClN2O2/c20-17-7-5-6-16(14-17)19(9-12-24-13-10-19)15-22-18(23)8-3-1-2-4-11-21/h5-7,14H,1-4,8-13,15,21H2,(H,22,23). The van der Waals surface area contributed by atoms with Crippen LogP contribution in [-0.4, -0.2) is 32.2 Å². The van der Waals surface area contributed by atoms with Gasteiger partial charge in [0.15, 0.2) is 0 Å². The Kier molecular flexibility index (Phi) is 8.03. The van der Waals surface area contributed by atoms with Crippen molar-refractivity contribution in [1.29, 1.82) is 0 Å². The number of hydrogen-bond acceptors (Lipinski definition) is 3. The molecule has 0 saturated carbocycles. The van der Waals surface area contributed by atoms with Crippen LogP contribution in [0.2, 0.25) is 5.02 Å². The highest BCUT2D eigenvalue weighted by Crippen LogP contribution is 2.35. The van der Waals surface area contributed by atoms with Gasteiger partial charge >= 0.3 is 0 Å². The van der Waals surface area contributed by atoms with Crippen molar-refractivity contribution in [2.45, 2.75) is 50.4 Å². The lowest BCUT2D eigenvalue weighted by molar-refractivity contribution is -0.121. The summed E-state index contributed by atoms with van der Waals surface area (Å²) in [7, 11) is 0. The summed E-state index contributed by atoms with van der Waals surface area (Å²) in [5.41, 5.74) is 6.61. The lowest BCUT2D eigenvalue weighted by atomic mass is 9.74. The summed E-state index contributed by atoms with van der Waals surface area (Å²) in [6.45, 7) is 2.83. The molecule has 1 heterocycles. The molecule has 0 atom stereocenters. The van der Waals surface area contributed by atoms with E-state index in [0.29, 0.717) is 13.0 Å². The molecule has 5 heteroatoms. The normalized spacial score (nSPS) is 16.8. The number of nitrogens with one attached hydrogen (secondary N) is 1. The quantitative estimate of drug-likeness (QED) is 0.669. The first-order valence-electron chi connectivity index (χ1n) is 8.97. The lowest BCUT2D eigenvalue weighted by Gasteiger charge is -2.38. The highest BCUT2D eigenvalue weighted by atomic mass is 35.5. The Morgan fingerprint density at radius 2 is 1.96 bits per heavy atom. The number of halogens is 1. The van der Waals surface area contributed by atoms with Gasteiger partial charge in [0.2, 0.25) is 5.91 Å². The summed E-state index contributed by atoms with van der Waals surface area (Å²) in [4.78, 5) is 12.2. The number of benzene rings is 1. The fraction of sp³-hybridized carbons (Fsp3) is 0.632. The summed E-state index contributed by atoms with van der Waals surface area (Å²) in [6.07, 6.45) is 6.55. The van der Waals surface area contributed by atoms with E-state index in [1.54, 1.807) is 0 Å². The molecule has 0 bridgehead atoms. The summed E-state index contributed by atoms with van der Waals surface area (Å²) in [5, 5.41) is 3.88. The number of amides is 1. The Morgan fingerprint density at radius 3 is 2.67 bits per heavy atom. The van der Waals surface area contributed by atoms with Gasteiger partial charge < -0.3 is 15.8 Å². The summed E-state index contributed by atoms with van der Waals surface area (Å²) in [6, 6.07) is 7.99. The first kappa shape index (κ1) is 19.2. The van der Waals surface area contributed by atoms with Gasteiger partial charge in [-0.15, -0.1) is 0 Å². The van der Waals surface area contributed by atoms with Gasteiger partial charge in [0.05, 0.1) is 0 Å². The van der Waals surface area contributed by atoms with Crippen LogP contribution in [0.3, 0.4) is 0 Å². The Labute approximate surface area is 150 Å². The molecule has 1 saturated heterocycles. The molecule has 2 rings (SSSR count). The van der Waals surface area contributed by atoms with E-state index in [1.165, 1.54) is 5.56 Å². The first-order chi connectivity index (χ1) is 11.7. The van der Waals surface area contributed by atoms with Crippen molar-refractivity contribution in [3.63, 3.8) is 0 Å². The van der Waals surface area contributed by atoms with Crippen LogP contribution in [0.25, 0.3) is 0 Å². The van der Waals surface area contributed by atoms with Crippen LogP contribution in [0.5, 0.6) is 0 Å². The van der Waals surface area contributed by atoms with Crippen LogP contribution < -0.4 is 11.1 Å². The average Bonchev–Trinajstić information content (AvgIpc) is 2.61. The van der Waals surface area contributed by atoms with Crippen molar-refractivity contribution >= 4 is 17.5 Å². The van der Waals surface area contributed by atoms with Crippen molar-refractivity contribution < 1.29 is 9.53 Å². The fourth-order valence-corrected chi connectivity index (χ4v) is 3.48. The van der Waals surface area contributed by atoms with Crippen molar-refractivity contribution in [2.75, 3.05) is 26.3 Å². The topological polar surface area (TPSA) is 64.4 Å². The molecule has 134 valence electrons. The maximum Gasteiger partial charge on any atom is 0.220 e. The molecule has 0 radical (unpaired) electrons. The van der Waals surface area contributed by atoms with E-state index < -0.39 is 0 Å². The number of ether oxygens (including phenoxy) is 1. The molecule has 1 aliphatic rings. The van der Waals surface area contributed by atoms with Crippen molar-refractivity contribution in [3.8, 4) is 0 Å². The van der Waals surface area contributed by atoms with E-state index in [1.807, 2.05) is 18.2 Å². The maximum absolute atomic E-state index is 12.2. The molecule has 0 aliphatic carbocycles. The van der Waals surface area contributed by atoms with E-state index in [2.05, 4.69) is 11.4 Å². The molecule has 1 aromatic carbocycles. The molecule has 1 aliphatic heterocycles. The van der Waals surface area contributed by atoms with Gasteiger partial charge in [-0.3, -0.25) is 4.79 Å². The number of unbranched alkanes of at least 4 members (excludes halogenated alkanes) is 3. The van der Waals surface area contributed by atoms with Crippen LogP contribution >= 0.6 is 11.6 Å². The SMILES string of the molecule is NCCCCCCC(=O)NCC1(c2cccc(Cl)c2)CCOCC1. The third kappa shape index (κ3) is 5.76. The molecule has 4 nitrogen and oxygen atoms in total. The minimum Gasteiger partial charge on any atom is -0.381 e. The number of nitrogens with two attached hydrogens (primary N) is 1. The molecular weight excluding hydrogens is 324 g/mol. The molecule has 1 aromatic rings. The molecular formula is C19H29ClN2O2. The van der Waals surface area contributed by atoms with E-state index in [9.17, 15) is 4.79 Å². The summed E-state index contributed by atoms with van der Waals surface area (Å²) < 4.78 is 5.53. The number of carbonyl (C=O) groups excluding carboxylic acids is 1. The zero-order chi connectivity index (χ0) is 17.3. The Balaban J connectivity index is 1.89.